The number of rotatable bonds is 5. The molecule has 2 rings (SSSR count). The van der Waals surface area contributed by atoms with Gasteiger partial charge in [-0.3, -0.25) is 4.99 Å². The molecular weight excluding hydrogens is 260 g/mol. The lowest BCUT2D eigenvalue weighted by Crippen LogP contribution is -2.39. The van der Waals surface area contributed by atoms with Crippen LogP contribution in [0.15, 0.2) is 29.3 Å². The molecule has 1 unspecified atom stereocenters. The van der Waals surface area contributed by atoms with E-state index >= 15 is 0 Å². The van der Waals surface area contributed by atoms with Gasteiger partial charge in [-0.2, -0.15) is 0 Å². The van der Waals surface area contributed by atoms with Crippen LogP contribution in [0.25, 0.3) is 0 Å². The summed E-state index contributed by atoms with van der Waals surface area (Å²) in [7, 11) is 1.83. The number of hydrogen-bond donors (Lipinski definition) is 2. The van der Waals surface area contributed by atoms with Crippen LogP contribution in [0.4, 0.5) is 0 Å². The van der Waals surface area contributed by atoms with Crippen LogP contribution >= 0.6 is 0 Å². The van der Waals surface area contributed by atoms with Gasteiger partial charge in [-0.1, -0.05) is 36.8 Å². The maximum Gasteiger partial charge on any atom is 0.191 e. The van der Waals surface area contributed by atoms with E-state index in [-0.39, 0.29) is 0 Å². The second-order valence-corrected chi connectivity index (χ2v) is 5.84. The fourth-order valence-electron chi connectivity index (χ4n) is 2.84. The first-order valence-electron chi connectivity index (χ1n) is 7.93. The number of aliphatic imine (C=N–C) groups is 1. The first kappa shape index (κ1) is 15.8. The van der Waals surface area contributed by atoms with Crippen molar-refractivity contribution in [3.05, 3.63) is 35.4 Å². The topological polar surface area (TPSA) is 39.7 Å². The summed E-state index contributed by atoms with van der Waals surface area (Å²) in [5.41, 5.74) is 2.58. The maximum absolute atomic E-state index is 4.31. The number of hydrogen-bond acceptors (Lipinski definition) is 2. The zero-order valence-corrected chi connectivity index (χ0v) is 13.5. The van der Waals surface area contributed by atoms with Crippen LogP contribution in [0.3, 0.4) is 0 Å². The van der Waals surface area contributed by atoms with Crippen LogP contribution in [-0.2, 0) is 6.54 Å². The van der Waals surface area contributed by atoms with Gasteiger partial charge < -0.3 is 15.5 Å². The van der Waals surface area contributed by atoms with Crippen molar-refractivity contribution in [2.45, 2.75) is 26.8 Å². The molecule has 1 aliphatic rings. The van der Waals surface area contributed by atoms with Gasteiger partial charge in [-0.05, 0) is 37.9 Å². The van der Waals surface area contributed by atoms with Crippen LogP contribution in [0.2, 0.25) is 0 Å². The molecule has 4 heteroatoms. The smallest absolute Gasteiger partial charge is 0.191 e. The molecule has 4 nitrogen and oxygen atoms in total. The summed E-state index contributed by atoms with van der Waals surface area (Å²) in [5.74, 6) is 1.63. The number of benzene rings is 1. The van der Waals surface area contributed by atoms with Crippen molar-refractivity contribution in [1.82, 2.24) is 15.5 Å². The number of nitrogens with zero attached hydrogens (tertiary/aromatic N) is 2. The highest BCUT2D eigenvalue weighted by Crippen LogP contribution is 2.14. The van der Waals surface area contributed by atoms with E-state index in [9.17, 15) is 0 Å². The summed E-state index contributed by atoms with van der Waals surface area (Å²) in [6, 6.07) is 8.57. The van der Waals surface area contributed by atoms with E-state index in [4.69, 9.17) is 0 Å². The molecule has 0 bridgehead atoms. The van der Waals surface area contributed by atoms with Crippen molar-refractivity contribution < 1.29 is 0 Å². The Morgan fingerprint density at radius 1 is 1.38 bits per heavy atom. The Morgan fingerprint density at radius 3 is 2.90 bits per heavy atom. The minimum atomic E-state index is 0.738. The normalized spacial score (nSPS) is 19.8. The third-order valence-corrected chi connectivity index (χ3v) is 4.14. The average molecular weight is 288 g/mol. The molecule has 0 aliphatic carbocycles. The Morgan fingerprint density at radius 2 is 2.24 bits per heavy atom. The van der Waals surface area contributed by atoms with E-state index in [1.807, 2.05) is 7.05 Å². The predicted molar refractivity (Wildman–Crippen MR) is 89.6 cm³/mol. The highest BCUT2D eigenvalue weighted by Gasteiger charge is 2.20. The highest BCUT2D eigenvalue weighted by molar-refractivity contribution is 5.79. The Balaban J connectivity index is 1.74. The maximum atomic E-state index is 4.31. The van der Waals surface area contributed by atoms with Crippen molar-refractivity contribution in [2.75, 3.05) is 33.2 Å². The van der Waals surface area contributed by atoms with Gasteiger partial charge in [0.1, 0.15) is 0 Å². The van der Waals surface area contributed by atoms with Crippen LogP contribution in [0, 0.1) is 12.8 Å². The minimum Gasteiger partial charge on any atom is -0.356 e. The SMILES string of the molecule is CCN1CCC(CNC(=NC)NCc2cccc(C)c2)C1. The number of aryl methyl sites for hydroxylation is 1. The van der Waals surface area contributed by atoms with Crippen LogP contribution in [0.1, 0.15) is 24.5 Å². The fourth-order valence-corrected chi connectivity index (χ4v) is 2.84. The Bertz CT molecular complexity index is 470. The average Bonchev–Trinajstić information content (AvgIpc) is 2.95. The molecule has 0 radical (unpaired) electrons. The summed E-state index contributed by atoms with van der Waals surface area (Å²) in [6.07, 6.45) is 1.29. The molecule has 0 spiro atoms. The van der Waals surface area contributed by atoms with E-state index in [2.05, 4.69) is 58.6 Å². The monoisotopic (exact) mass is 288 g/mol. The zero-order chi connectivity index (χ0) is 15.1. The summed E-state index contributed by atoms with van der Waals surface area (Å²) in [5, 5.41) is 6.84. The molecule has 0 aromatic heterocycles. The van der Waals surface area contributed by atoms with Crippen molar-refractivity contribution in [1.29, 1.82) is 0 Å². The van der Waals surface area contributed by atoms with E-state index in [1.165, 1.54) is 30.6 Å². The predicted octanol–water partition coefficient (Wildman–Crippen LogP) is 2.00. The molecule has 1 fully saturated rings. The van der Waals surface area contributed by atoms with E-state index in [0.29, 0.717) is 0 Å². The fraction of sp³-hybridized carbons (Fsp3) is 0.588. The number of nitrogens with one attached hydrogen (secondary N) is 2. The van der Waals surface area contributed by atoms with Gasteiger partial charge in [-0.25, -0.2) is 0 Å². The van der Waals surface area contributed by atoms with Gasteiger partial charge >= 0.3 is 0 Å². The van der Waals surface area contributed by atoms with E-state index < -0.39 is 0 Å². The molecule has 1 saturated heterocycles. The largest absolute Gasteiger partial charge is 0.356 e. The molecule has 2 N–H and O–H groups in total. The Kier molecular flexibility index (Phi) is 6.05. The van der Waals surface area contributed by atoms with Gasteiger partial charge in [0.15, 0.2) is 5.96 Å². The van der Waals surface area contributed by atoms with Crippen LogP contribution in [-0.4, -0.2) is 44.1 Å². The summed E-state index contributed by atoms with van der Waals surface area (Å²) < 4.78 is 0. The standard InChI is InChI=1S/C17H28N4/c1-4-21-9-8-16(13-21)12-20-17(18-3)19-11-15-7-5-6-14(2)10-15/h5-7,10,16H,4,8-9,11-13H2,1-3H3,(H2,18,19,20). The lowest BCUT2D eigenvalue weighted by Gasteiger charge is -2.16. The molecule has 1 atom stereocenters. The Labute approximate surface area is 128 Å². The molecule has 116 valence electrons. The van der Waals surface area contributed by atoms with Gasteiger partial charge in [0, 0.05) is 26.7 Å². The van der Waals surface area contributed by atoms with Gasteiger partial charge in [0.25, 0.3) is 0 Å². The summed E-state index contributed by atoms with van der Waals surface area (Å²) in [6.45, 7) is 9.78. The second kappa shape index (κ2) is 8.03. The van der Waals surface area contributed by atoms with Crippen molar-refractivity contribution in [3.63, 3.8) is 0 Å². The Hall–Kier alpha value is -1.55. The zero-order valence-electron chi connectivity index (χ0n) is 13.5. The van der Waals surface area contributed by atoms with Crippen LogP contribution in [0.5, 0.6) is 0 Å². The molecule has 1 aromatic rings. The summed E-state index contributed by atoms with van der Waals surface area (Å²) in [4.78, 5) is 6.82. The number of guanidine groups is 1. The lowest BCUT2D eigenvalue weighted by atomic mass is 10.1. The van der Waals surface area contributed by atoms with E-state index in [1.54, 1.807) is 0 Å². The first-order valence-corrected chi connectivity index (χ1v) is 7.93. The van der Waals surface area contributed by atoms with Crippen molar-refractivity contribution >= 4 is 5.96 Å². The first-order chi connectivity index (χ1) is 10.2. The molecule has 1 aliphatic heterocycles. The summed E-state index contributed by atoms with van der Waals surface area (Å²) >= 11 is 0. The van der Waals surface area contributed by atoms with Crippen molar-refractivity contribution in [2.24, 2.45) is 10.9 Å². The second-order valence-electron chi connectivity index (χ2n) is 5.84. The third kappa shape index (κ3) is 5.05. The third-order valence-electron chi connectivity index (χ3n) is 4.14. The van der Waals surface area contributed by atoms with Gasteiger partial charge in [-0.15, -0.1) is 0 Å². The minimum absolute atomic E-state index is 0.738. The molecule has 0 amide bonds. The lowest BCUT2D eigenvalue weighted by molar-refractivity contribution is 0.342. The van der Waals surface area contributed by atoms with Gasteiger partial charge in [0.2, 0.25) is 0 Å². The molecule has 1 aromatic carbocycles. The molecule has 1 heterocycles. The molecular formula is C17H28N4. The van der Waals surface area contributed by atoms with Crippen molar-refractivity contribution in [3.8, 4) is 0 Å². The van der Waals surface area contributed by atoms with Gasteiger partial charge in [0.05, 0.1) is 0 Å². The number of likely N-dealkylation sites (tertiary alicyclic amines) is 1. The van der Waals surface area contributed by atoms with Crippen LogP contribution < -0.4 is 10.6 Å². The molecule has 21 heavy (non-hydrogen) atoms. The quantitative estimate of drug-likeness (QED) is 0.643. The highest BCUT2D eigenvalue weighted by atomic mass is 15.2. The van der Waals surface area contributed by atoms with E-state index in [0.717, 1.165) is 31.5 Å². The molecule has 0 saturated carbocycles.